The Bertz CT molecular complexity index is 1350. The minimum atomic E-state index is -0.314. The van der Waals surface area contributed by atoms with E-state index in [0.717, 1.165) is 42.0 Å². The summed E-state index contributed by atoms with van der Waals surface area (Å²) >= 11 is 6.51. The molecule has 41 heavy (non-hydrogen) atoms. The second-order valence-electron chi connectivity index (χ2n) is 9.35. The minimum absolute atomic E-state index is 0.248. The van der Waals surface area contributed by atoms with Gasteiger partial charge in [0.15, 0.2) is 0 Å². The number of anilines is 1. The Balaban J connectivity index is 0.000000868. The molecule has 0 unspecified atom stereocenters. The number of carbonyl (C=O) groups is 1. The molecule has 9 heteroatoms. The maximum absolute atomic E-state index is 12.6. The Labute approximate surface area is 248 Å². The number of piperazine rings is 1. The summed E-state index contributed by atoms with van der Waals surface area (Å²) in [7, 11) is 0. The predicted octanol–water partition coefficient (Wildman–Crippen LogP) is 6.18. The molecule has 2 aliphatic heterocycles. The van der Waals surface area contributed by atoms with Crippen molar-refractivity contribution in [1.82, 2.24) is 14.8 Å². The van der Waals surface area contributed by atoms with Gasteiger partial charge >= 0.3 is 6.09 Å². The van der Waals surface area contributed by atoms with Crippen LogP contribution in [0, 0.1) is 22.7 Å². The normalized spacial score (nSPS) is 14.2. The Hall–Kier alpha value is -4.11. The van der Waals surface area contributed by atoms with E-state index in [9.17, 15) is 10.1 Å². The van der Waals surface area contributed by atoms with Crippen LogP contribution in [0.25, 0.3) is 0 Å². The summed E-state index contributed by atoms with van der Waals surface area (Å²) < 4.78 is 5.50. The standard InChI is InChI=1S/C28H28ClN5O2.C2H3N.C2H6/c29-27-24(17-30)26(23-11-12-32(19-25(23)31-27)18-21-7-3-1-4-8-21)33-13-15-34(16-14-33)28(35)36-20-22-9-5-2-6-10-22;1-2-3;1-2/h1-10H,11-16,18-20H2;1H3;1-2H3. The summed E-state index contributed by atoms with van der Waals surface area (Å²) in [6.07, 6.45) is 0.487. The van der Waals surface area contributed by atoms with E-state index in [2.05, 4.69) is 45.1 Å². The van der Waals surface area contributed by atoms with Crippen LogP contribution in [0.1, 0.15) is 48.7 Å². The molecule has 1 aromatic heterocycles. The Morgan fingerprint density at radius 3 is 2.12 bits per heavy atom. The van der Waals surface area contributed by atoms with Gasteiger partial charge in [-0.1, -0.05) is 86.1 Å². The molecule has 3 heterocycles. The third-order valence-electron chi connectivity index (χ3n) is 6.78. The lowest BCUT2D eigenvalue weighted by Gasteiger charge is -2.38. The van der Waals surface area contributed by atoms with E-state index in [1.807, 2.05) is 50.2 Å². The zero-order valence-corrected chi connectivity index (χ0v) is 24.8. The van der Waals surface area contributed by atoms with Crippen molar-refractivity contribution in [3.05, 3.63) is 93.8 Å². The molecule has 2 aliphatic rings. The smallest absolute Gasteiger partial charge is 0.410 e. The molecular weight excluding hydrogens is 536 g/mol. The van der Waals surface area contributed by atoms with Gasteiger partial charge in [-0.3, -0.25) is 4.90 Å². The van der Waals surface area contributed by atoms with Crippen molar-refractivity contribution in [3.8, 4) is 12.1 Å². The van der Waals surface area contributed by atoms with Crippen molar-refractivity contribution in [2.24, 2.45) is 0 Å². The fourth-order valence-electron chi connectivity index (χ4n) is 4.93. The van der Waals surface area contributed by atoms with E-state index in [1.165, 1.54) is 12.5 Å². The average Bonchev–Trinajstić information content (AvgIpc) is 3.01. The zero-order valence-electron chi connectivity index (χ0n) is 24.0. The predicted molar refractivity (Wildman–Crippen MR) is 161 cm³/mol. The van der Waals surface area contributed by atoms with Crippen molar-refractivity contribution < 1.29 is 9.53 Å². The van der Waals surface area contributed by atoms with Gasteiger partial charge < -0.3 is 14.5 Å². The number of hydrogen-bond acceptors (Lipinski definition) is 7. The molecule has 0 radical (unpaired) electrons. The molecule has 1 fully saturated rings. The number of carbonyl (C=O) groups excluding carboxylic acids is 1. The molecule has 0 bridgehead atoms. The lowest BCUT2D eigenvalue weighted by atomic mass is 9.98. The van der Waals surface area contributed by atoms with Gasteiger partial charge in [0.25, 0.3) is 0 Å². The van der Waals surface area contributed by atoms with Crippen molar-refractivity contribution in [3.63, 3.8) is 0 Å². The van der Waals surface area contributed by atoms with E-state index in [4.69, 9.17) is 21.6 Å². The molecule has 1 saturated heterocycles. The number of pyridine rings is 1. The Morgan fingerprint density at radius 1 is 0.951 bits per heavy atom. The van der Waals surface area contributed by atoms with E-state index in [0.29, 0.717) is 38.3 Å². The van der Waals surface area contributed by atoms with Crippen LogP contribution < -0.4 is 4.90 Å². The highest BCUT2D eigenvalue weighted by Gasteiger charge is 2.30. The molecule has 2 aromatic carbocycles. The molecule has 0 spiro atoms. The number of rotatable bonds is 5. The average molecular weight is 573 g/mol. The van der Waals surface area contributed by atoms with Crippen LogP contribution in [0.3, 0.4) is 0 Å². The van der Waals surface area contributed by atoms with Gasteiger partial charge in [-0.25, -0.2) is 9.78 Å². The van der Waals surface area contributed by atoms with Crippen LogP contribution in [0.2, 0.25) is 5.15 Å². The maximum Gasteiger partial charge on any atom is 0.410 e. The second kappa shape index (κ2) is 16.2. The summed E-state index contributed by atoms with van der Waals surface area (Å²) in [5.74, 6) is 0. The molecule has 0 atom stereocenters. The van der Waals surface area contributed by atoms with Crippen LogP contribution in [0.5, 0.6) is 0 Å². The second-order valence-corrected chi connectivity index (χ2v) is 9.71. The highest BCUT2D eigenvalue weighted by molar-refractivity contribution is 6.31. The molecule has 1 amide bonds. The van der Waals surface area contributed by atoms with Gasteiger partial charge in [0.05, 0.1) is 17.5 Å². The van der Waals surface area contributed by atoms with Gasteiger partial charge in [0, 0.05) is 58.3 Å². The van der Waals surface area contributed by atoms with Crippen molar-refractivity contribution in [2.45, 2.75) is 46.9 Å². The van der Waals surface area contributed by atoms with Crippen LogP contribution in [-0.2, 0) is 30.9 Å². The number of halogens is 1. The third-order valence-corrected chi connectivity index (χ3v) is 7.06. The largest absolute Gasteiger partial charge is 0.445 e. The summed E-state index contributed by atoms with van der Waals surface area (Å²) in [6.45, 7) is 10.4. The van der Waals surface area contributed by atoms with Gasteiger partial charge in [-0.05, 0) is 17.5 Å². The lowest BCUT2D eigenvalue weighted by Crippen LogP contribution is -2.49. The molecule has 0 aliphatic carbocycles. The Morgan fingerprint density at radius 2 is 1.54 bits per heavy atom. The summed E-state index contributed by atoms with van der Waals surface area (Å²) in [6, 6.07) is 24.1. The quantitative estimate of drug-likeness (QED) is 0.337. The van der Waals surface area contributed by atoms with Crippen LogP contribution in [0.4, 0.5) is 10.5 Å². The number of aromatic nitrogens is 1. The first-order valence-corrected chi connectivity index (χ1v) is 14.3. The lowest BCUT2D eigenvalue weighted by molar-refractivity contribution is 0.0941. The molecule has 214 valence electrons. The van der Waals surface area contributed by atoms with E-state index >= 15 is 0 Å². The third kappa shape index (κ3) is 8.44. The number of amides is 1. The van der Waals surface area contributed by atoms with E-state index in [-0.39, 0.29) is 17.9 Å². The molecule has 5 rings (SSSR count). The van der Waals surface area contributed by atoms with Crippen LogP contribution >= 0.6 is 11.6 Å². The van der Waals surface area contributed by atoms with E-state index in [1.54, 1.807) is 11.0 Å². The number of benzene rings is 2. The molecule has 0 saturated carbocycles. The number of hydrogen-bond donors (Lipinski definition) is 0. The first kappa shape index (κ1) is 31.4. The summed E-state index contributed by atoms with van der Waals surface area (Å²) in [5, 5.41) is 17.5. The first-order chi connectivity index (χ1) is 20.0. The highest BCUT2D eigenvalue weighted by atomic mass is 35.5. The highest BCUT2D eigenvalue weighted by Crippen LogP contribution is 2.35. The van der Waals surface area contributed by atoms with Gasteiger partial charge in [-0.15, -0.1) is 0 Å². The SMILES string of the molecule is CC.CC#N.N#Cc1c(Cl)nc2c(c1N1CCN(C(=O)OCc3ccccc3)CC1)CCN(Cc1ccccc1)C2. The van der Waals surface area contributed by atoms with Crippen molar-refractivity contribution in [2.75, 3.05) is 37.6 Å². The topological polar surface area (TPSA) is 96.5 Å². The number of ether oxygens (including phenoxy) is 1. The van der Waals surface area contributed by atoms with Crippen LogP contribution in [0.15, 0.2) is 60.7 Å². The van der Waals surface area contributed by atoms with Gasteiger partial charge in [-0.2, -0.15) is 10.5 Å². The molecule has 8 nitrogen and oxygen atoms in total. The van der Waals surface area contributed by atoms with Crippen molar-refractivity contribution in [1.29, 1.82) is 10.5 Å². The van der Waals surface area contributed by atoms with Crippen LogP contribution in [-0.4, -0.2) is 53.6 Å². The maximum atomic E-state index is 12.6. The molecule has 3 aromatic rings. The number of fused-ring (bicyclic) bond motifs is 1. The van der Waals surface area contributed by atoms with Crippen molar-refractivity contribution >= 4 is 23.4 Å². The molecule has 0 N–H and O–H groups in total. The molecular formula is C32H37ClN6O2. The minimum Gasteiger partial charge on any atom is -0.445 e. The summed E-state index contributed by atoms with van der Waals surface area (Å²) in [4.78, 5) is 23.5. The first-order valence-electron chi connectivity index (χ1n) is 13.9. The van der Waals surface area contributed by atoms with Gasteiger partial charge in [0.1, 0.15) is 23.4 Å². The number of nitrogens with zero attached hydrogens (tertiary/aromatic N) is 6. The van der Waals surface area contributed by atoms with Gasteiger partial charge in [0.2, 0.25) is 0 Å². The summed E-state index contributed by atoms with van der Waals surface area (Å²) in [5.41, 5.74) is 5.55. The fraction of sp³-hybridized carbons (Fsp3) is 0.375. The van der Waals surface area contributed by atoms with E-state index < -0.39 is 0 Å². The fourth-order valence-corrected chi connectivity index (χ4v) is 5.16. The number of nitriles is 2. The zero-order chi connectivity index (χ0) is 29.6. The monoisotopic (exact) mass is 572 g/mol. The Kier molecular flexibility index (Phi) is 12.4.